The van der Waals surface area contributed by atoms with Crippen molar-refractivity contribution in [2.24, 2.45) is 0 Å². The molecule has 0 aliphatic heterocycles. The summed E-state index contributed by atoms with van der Waals surface area (Å²) >= 11 is 0. The summed E-state index contributed by atoms with van der Waals surface area (Å²) in [6.45, 7) is 11.9. The summed E-state index contributed by atoms with van der Waals surface area (Å²) < 4.78 is 10.9. The third-order valence-electron chi connectivity index (χ3n) is 5.65. The molecule has 0 radical (unpaired) electrons. The van der Waals surface area contributed by atoms with Gasteiger partial charge in [-0.1, -0.05) is 51.7 Å². The second kappa shape index (κ2) is 16.4. The number of ether oxygens (including phenoxy) is 2. The number of carbonyl (C=O) groups excluding carboxylic acids is 2. The van der Waals surface area contributed by atoms with Crippen molar-refractivity contribution in [1.82, 2.24) is 0 Å². The molecule has 0 saturated heterocycles. The van der Waals surface area contributed by atoms with Gasteiger partial charge in [0.1, 0.15) is 11.2 Å². The summed E-state index contributed by atoms with van der Waals surface area (Å²) in [5.41, 5.74) is -0.668. The van der Waals surface area contributed by atoms with Gasteiger partial charge in [-0.3, -0.25) is 9.59 Å². The Morgan fingerprint density at radius 2 is 0.933 bits per heavy atom. The lowest BCUT2D eigenvalue weighted by Gasteiger charge is -2.23. The van der Waals surface area contributed by atoms with Crippen LogP contribution in [-0.4, -0.2) is 23.1 Å². The molecule has 0 aliphatic carbocycles. The Morgan fingerprint density at radius 3 is 1.33 bits per heavy atom. The van der Waals surface area contributed by atoms with Crippen molar-refractivity contribution < 1.29 is 19.1 Å². The molecule has 0 aromatic rings. The van der Waals surface area contributed by atoms with E-state index in [1.807, 2.05) is 41.5 Å². The van der Waals surface area contributed by atoms with Crippen LogP contribution in [0.5, 0.6) is 0 Å². The summed E-state index contributed by atoms with van der Waals surface area (Å²) in [6, 6.07) is 0. The number of unbranched alkanes of at least 4 members (excludes halogenated alkanes) is 8. The summed E-state index contributed by atoms with van der Waals surface area (Å²) in [5, 5.41) is 0. The maximum Gasteiger partial charge on any atom is 0.306 e. The van der Waals surface area contributed by atoms with Gasteiger partial charge >= 0.3 is 11.9 Å². The SMILES string of the molecule is CCC(C)(C)OC(=O)CCCCC/C=C/CCCCCCCC(=O)OC(C)(C)CC. The van der Waals surface area contributed by atoms with Crippen LogP contribution in [0, 0.1) is 0 Å². The first-order valence-electron chi connectivity index (χ1n) is 12.2. The predicted molar refractivity (Wildman–Crippen MR) is 125 cm³/mol. The zero-order valence-corrected chi connectivity index (χ0v) is 20.7. The minimum Gasteiger partial charge on any atom is -0.460 e. The second-order valence-electron chi connectivity index (χ2n) is 9.55. The minimum absolute atomic E-state index is 0.0635. The van der Waals surface area contributed by atoms with E-state index in [2.05, 4.69) is 12.2 Å². The van der Waals surface area contributed by atoms with Gasteiger partial charge in [-0.15, -0.1) is 0 Å². The van der Waals surface area contributed by atoms with Gasteiger partial charge in [0.2, 0.25) is 0 Å². The Bertz CT molecular complexity index is 491. The molecular formula is C26H48O4. The molecule has 0 unspecified atom stereocenters. The van der Waals surface area contributed by atoms with E-state index in [1.54, 1.807) is 0 Å². The van der Waals surface area contributed by atoms with E-state index in [9.17, 15) is 9.59 Å². The molecule has 4 heteroatoms. The smallest absolute Gasteiger partial charge is 0.306 e. The van der Waals surface area contributed by atoms with Crippen molar-refractivity contribution in [2.45, 2.75) is 143 Å². The third-order valence-corrected chi connectivity index (χ3v) is 5.65. The molecule has 0 N–H and O–H groups in total. The van der Waals surface area contributed by atoms with Gasteiger partial charge in [0.05, 0.1) is 0 Å². The van der Waals surface area contributed by atoms with E-state index in [1.165, 1.54) is 19.3 Å². The van der Waals surface area contributed by atoms with Crippen LogP contribution < -0.4 is 0 Å². The molecule has 0 bridgehead atoms. The van der Waals surface area contributed by atoms with Crippen LogP contribution in [0.15, 0.2) is 12.2 Å². The van der Waals surface area contributed by atoms with Gasteiger partial charge in [-0.05, 0) is 79.1 Å². The lowest BCUT2D eigenvalue weighted by atomic mass is 10.1. The van der Waals surface area contributed by atoms with E-state index in [0.717, 1.165) is 57.8 Å². The van der Waals surface area contributed by atoms with Crippen LogP contribution in [0.25, 0.3) is 0 Å². The Hall–Kier alpha value is -1.32. The highest BCUT2D eigenvalue weighted by Crippen LogP contribution is 2.17. The van der Waals surface area contributed by atoms with E-state index in [0.29, 0.717) is 12.8 Å². The van der Waals surface area contributed by atoms with Crippen molar-refractivity contribution in [2.75, 3.05) is 0 Å². The summed E-state index contributed by atoms with van der Waals surface area (Å²) in [5.74, 6) is -0.134. The fourth-order valence-electron chi connectivity index (χ4n) is 2.87. The second-order valence-corrected chi connectivity index (χ2v) is 9.55. The number of allylic oxidation sites excluding steroid dienone is 2. The van der Waals surface area contributed by atoms with Gasteiger partial charge in [0.15, 0.2) is 0 Å². The Balaban J connectivity index is 3.46. The predicted octanol–water partition coefficient (Wildman–Crippen LogP) is 7.69. The van der Waals surface area contributed by atoms with Crippen molar-refractivity contribution in [1.29, 1.82) is 0 Å². The van der Waals surface area contributed by atoms with Crippen LogP contribution >= 0.6 is 0 Å². The molecule has 4 nitrogen and oxygen atoms in total. The zero-order chi connectivity index (χ0) is 22.9. The summed E-state index contributed by atoms with van der Waals surface area (Å²) in [7, 11) is 0. The van der Waals surface area contributed by atoms with Crippen molar-refractivity contribution in [3.05, 3.63) is 12.2 Å². The topological polar surface area (TPSA) is 52.6 Å². The first kappa shape index (κ1) is 28.7. The van der Waals surface area contributed by atoms with E-state index in [4.69, 9.17) is 9.47 Å². The average molecular weight is 425 g/mol. The minimum atomic E-state index is -0.336. The lowest BCUT2D eigenvalue weighted by molar-refractivity contribution is -0.157. The molecular weight excluding hydrogens is 376 g/mol. The highest BCUT2D eigenvalue weighted by atomic mass is 16.6. The normalized spacial score (nSPS) is 12.3. The van der Waals surface area contributed by atoms with Gasteiger partial charge < -0.3 is 9.47 Å². The fourth-order valence-corrected chi connectivity index (χ4v) is 2.87. The molecule has 0 fully saturated rings. The molecule has 0 aromatic carbocycles. The molecule has 0 saturated carbocycles. The van der Waals surface area contributed by atoms with Gasteiger partial charge in [0.25, 0.3) is 0 Å². The van der Waals surface area contributed by atoms with Crippen LogP contribution in [-0.2, 0) is 19.1 Å². The highest BCUT2D eigenvalue weighted by Gasteiger charge is 2.20. The molecule has 0 heterocycles. The van der Waals surface area contributed by atoms with Crippen LogP contribution in [0.1, 0.15) is 131 Å². The summed E-state index contributed by atoms with van der Waals surface area (Å²) in [6.07, 6.45) is 18.3. The molecule has 0 aliphatic rings. The monoisotopic (exact) mass is 424 g/mol. The van der Waals surface area contributed by atoms with E-state index < -0.39 is 0 Å². The van der Waals surface area contributed by atoms with Crippen molar-refractivity contribution in [3.63, 3.8) is 0 Å². The Kier molecular flexibility index (Phi) is 15.7. The maximum absolute atomic E-state index is 11.8. The number of esters is 2. The molecule has 0 amide bonds. The van der Waals surface area contributed by atoms with Gasteiger partial charge in [0, 0.05) is 12.8 Å². The standard InChI is InChI=1S/C26H48O4/c1-7-25(3,4)29-23(27)21-19-17-15-13-11-9-10-12-14-16-18-20-22-24(28)30-26(5,6)8-2/h9,11H,7-8,10,12-22H2,1-6H3/b11-9+. The number of rotatable bonds is 18. The van der Waals surface area contributed by atoms with Crippen LogP contribution in [0.2, 0.25) is 0 Å². The van der Waals surface area contributed by atoms with Crippen LogP contribution in [0.4, 0.5) is 0 Å². The van der Waals surface area contributed by atoms with Crippen molar-refractivity contribution >= 4 is 11.9 Å². The zero-order valence-electron chi connectivity index (χ0n) is 20.7. The van der Waals surface area contributed by atoms with Crippen LogP contribution in [0.3, 0.4) is 0 Å². The lowest BCUT2D eigenvalue weighted by Crippen LogP contribution is -2.26. The van der Waals surface area contributed by atoms with E-state index >= 15 is 0 Å². The number of hydrogen-bond donors (Lipinski definition) is 0. The number of carbonyl (C=O) groups is 2. The molecule has 0 aromatic heterocycles. The van der Waals surface area contributed by atoms with Crippen molar-refractivity contribution in [3.8, 4) is 0 Å². The summed E-state index contributed by atoms with van der Waals surface area (Å²) in [4.78, 5) is 23.5. The number of hydrogen-bond acceptors (Lipinski definition) is 4. The first-order chi connectivity index (χ1) is 14.1. The fraction of sp³-hybridized carbons (Fsp3) is 0.846. The first-order valence-corrected chi connectivity index (χ1v) is 12.2. The molecule has 0 rings (SSSR count). The molecule has 176 valence electrons. The third kappa shape index (κ3) is 17.5. The molecule has 30 heavy (non-hydrogen) atoms. The largest absolute Gasteiger partial charge is 0.460 e. The van der Waals surface area contributed by atoms with Gasteiger partial charge in [-0.2, -0.15) is 0 Å². The molecule has 0 atom stereocenters. The van der Waals surface area contributed by atoms with E-state index in [-0.39, 0.29) is 23.1 Å². The Labute approximate surface area is 186 Å². The quantitative estimate of drug-likeness (QED) is 0.129. The Morgan fingerprint density at radius 1 is 0.600 bits per heavy atom. The molecule has 0 spiro atoms. The highest BCUT2D eigenvalue weighted by molar-refractivity contribution is 5.70. The van der Waals surface area contributed by atoms with Gasteiger partial charge in [-0.25, -0.2) is 0 Å². The maximum atomic E-state index is 11.8. The average Bonchev–Trinajstić information content (AvgIpc) is 2.67.